The normalized spacial score (nSPS) is 10.9. The van der Waals surface area contributed by atoms with E-state index in [1.807, 2.05) is 12.1 Å². The largest absolute Gasteiger partial charge is 0.494 e. The highest BCUT2D eigenvalue weighted by Gasteiger charge is 2.10. The summed E-state index contributed by atoms with van der Waals surface area (Å²) in [6, 6.07) is 7.52. The molecule has 0 aliphatic heterocycles. The SMILES string of the molecule is CC(C)(C)CCOc1ccc(C#N)c(Br)c1. The van der Waals surface area contributed by atoms with E-state index in [0.29, 0.717) is 12.2 Å². The molecule has 0 saturated carbocycles. The van der Waals surface area contributed by atoms with Gasteiger partial charge >= 0.3 is 0 Å². The van der Waals surface area contributed by atoms with Gasteiger partial charge in [-0.25, -0.2) is 0 Å². The standard InChI is InChI=1S/C13H16BrNO/c1-13(2,3)6-7-16-11-5-4-10(9-15)12(14)8-11/h4-5,8H,6-7H2,1-3H3. The molecule has 0 saturated heterocycles. The van der Waals surface area contributed by atoms with Crippen molar-refractivity contribution in [1.29, 1.82) is 5.26 Å². The van der Waals surface area contributed by atoms with Gasteiger partial charge in [-0.1, -0.05) is 20.8 Å². The van der Waals surface area contributed by atoms with E-state index in [1.165, 1.54) is 0 Å². The maximum absolute atomic E-state index is 8.77. The van der Waals surface area contributed by atoms with Crippen molar-refractivity contribution in [3.8, 4) is 11.8 Å². The van der Waals surface area contributed by atoms with E-state index in [-0.39, 0.29) is 5.41 Å². The summed E-state index contributed by atoms with van der Waals surface area (Å²) in [7, 11) is 0. The van der Waals surface area contributed by atoms with Crippen LogP contribution >= 0.6 is 15.9 Å². The van der Waals surface area contributed by atoms with Gasteiger partial charge in [-0.2, -0.15) is 5.26 Å². The summed E-state index contributed by atoms with van der Waals surface area (Å²) >= 11 is 3.34. The molecule has 0 bridgehead atoms. The molecular weight excluding hydrogens is 266 g/mol. The van der Waals surface area contributed by atoms with E-state index < -0.39 is 0 Å². The second-order valence-electron chi connectivity index (χ2n) is 4.91. The number of halogens is 1. The van der Waals surface area contributed by atoms with Gasteiger partial charge in [0.1, 0.15) is 11.8 Å². The molecule has 0 unspecified atom stereocenters. The van der Waals surface area contributed by atoms with Gasteiger partial charge < -0.3 is 4.74 Å². The van der Waals surface area contributed by atoms with Crippen molar-refractivity contribution in [2.24, 2.45) is 5.41 Å². The fourth-order valence-corrected chi connectivity index (χ4v) is 1.60. The highest BCUT2D eigenvalue weighted by Crippen LogP contribution is 2.24. The third kappa shape index (κ3) is 4.24. The molecule has 1 aromatic carbocycles. The fraction of sp³-hybridized carbons (Fsp3) is 0.462. The lowest BCUT2D eigenvalue weighted by Gasteiger charge is -2.18. The van der Waals surface area contributed by atoms with Gasteiger partial charge in [0, 0.05) is 4.47 Å². The van der Waals surface area contributed by atoms with Gasteiger partial charge in [0.2, 0.25) is 0 Å². The van der Waals surface area contributed by atoms with Crippen molar-refractivity contribution in [3.63, 3.8) is 0 Å². The average Bonchev–Trinajstić information content (AvgIpc) is 2.16. The number of benzene rings is 1. The summed E-state index contributed by atoms with van der Waals surface area (Å²) in [4.78, 5) is 0. The van der Waals surface area contributed by atoms with E-state index in [2.05, 4.69) is 42.8 Å². The Labute approximate surface area is 105 Å². The quantitative estimate of drug-likeness (QED) is 0.834. The van der Waals surface area contributed by atoms with Gasteiger partial charge in [-0.15, -0.1) is 0 Å². The Balaban J connectivity index is 2.57. The van der Waals surface area contributed by atoms with Crippen LogP contribution in [0.4, 0.5) is 0 Å². The van der Waals surface area contributed by atoms with Gasteiger partial charge in [0.15, 0.2) is 0 Å². The third-order valence-corrected chi connectivity index (χ3v) is 2.84. The molecule has 3 heteroatoms. The van der Waals surface area contributed by atoms with E-state index in [1.54, 1.807) is 6.07 Å². The fourth-order valence-electron chi connectivity index (χ4n) is 1.15. The van der Waals surface area contributed by atoms with Crippen LogP contribution in [0.2, 0.25) is 0 Å². The summed E-state index contributed by atoms with van der Waals surface area (Å²) in [5.74, 6) is 0.801. The van der Waals surface area contributed by atoms with Crippen molar-refractivity contribution in [2.75, 3.05) is 6.61 Å². The monoisotopic (exact) mass is 281 g/mol. The molecule has 1 aromatic rings. The zero-order chi connectivity index (χ0) is 12.2. The predicted octanol–water partition coefficient (Wildman–Crippen LogP) is 4.14. The summed E-state index contributed by atoms with van der Waals surface area (Å²) in [5.41, 5.74) is 0.910. The summed E-state index contributed by atoms with van der Waals surface area (Å²) < 4.78 is 6.40. The Hall–Kier alpha value is -1.01. The topological polar surface area (TPSA) is 33.0 Å². The number of nitrogens with zero attached hydrogens (tertiary/aromatic N) is 1. The van der Waals surface area contributed by atoms with Gasteiger partial charge in [-0.05, 0) is 46.0 Å². The molecule has 0 heterocycles. The Morgan fingerprint density at radius 3 is 2.56 bits per heavy atom. The molecule has 0 radical (unpaired) electrons. The second kappa shape index (κ2) is 5.36. The molecule has 0 amide bonds. The molecule has 16 heavy (non-hydrogen) atoms. The van der Waals surface area contributed by atoms with Crippen molar-refractivity contribution in [1.82, 2.24) is 0 Å². The molecule has 1 rings (SSSR count). The minimum Gasteiger partial charge on any atom is -0.494 e. The van der Waals surface area contributed by atoms with Crippen LogP contribution in [0.5, 0.6) is 5.75 Å². The van der Waals surface area contributed by atoms with Crippen LogP contribution in [0.25, 0.3) is 0 Å². The minimum absolute atomic E-state index is 0.282. The number of ether oxygens (including phenoxy) is 1. The first-order valence-electron chi connectivity index (χ1n) is 5.25. The van der Waals surface area contributed by atoms with Crippen LogP contribution < -0.4 is 4.74 Å². The number of nitriles is 1. The molecule has 0 aliphatic carbocycles. The first-order valence-corrected chi connectivity index (χ1v) is 6.04. The van der Waals surface area contributed by atoms with Crippen molar-refractivity contribution in [3.05, 3.63) is 28.2 Å². The number of rotatable bonds is 3. The zero-order valence-electron chi connectivity index (χ0n) is 9.88. The van der Waals surface area contributed by atoms with Crippen molar-refractivity contribution in [2.45, 2.75) is 27.2 Å². The van der Waals surface area contributed by atoms with E-state index in [0.717, 1.165) is 16.6 Å². The molecule has 0 aromatic heterocycles. The molecule has 0 N–H and O–H groups in total. The van der Waals surface area contributed by atoms with E-state index in [4.69, 9.17) is 10.00 Å². The zero-order valence-corrected chi connectivity index (χ0v) is 11.5. The third-order valence-electron chi connectivity index (χ3n) is 2.18. The van der Waals surface area contributed by atoms with E-state index >= 15 is 0 Å². The lowest BCUT2D eigenvalue weighted by atomic mass is 9.93. The maximum atomic E-state index is 8.77. The average molecular weight is 282 g/mol. The molecule has 0 atom stereocenters. The molecule has 0 aliphatic rings. The van der Waals surface area contributed by atoms with Crippen LogP contribution in [0.15, 0.2) is 22.7 Å². The summed E-state index contributed by atoms with van der Waals surface area (Å²) in [6.07, 6.45) is 1.00. The maximum Gasteiger partial charge on any atom is 0.120 e. The van der Waals surface area contributed by atoms with Crippen molar-refractivity contribution >= 4 is 15.9 Å². The highest BCUT2D eigenvalue weighted by atomic mass is 79.9. The smallest absolute Gasteiger partial charge is 0.120 e. The minimum atomic E-state index is 0.282. The molecule has 0 spiro atoms. The van der Waals surface area contributed by atoms with Gasteiger partial charge in [-0.3, -0.25) is 0 Å². The first-order chi connectivity index (χ1) is 7.42. The van der Waals surface area contributed by atoms with Crippen LogP contribution in [-0.2, 0) is 0 Å². The lowest BCUT2D eigenvalue weighted by Crippen LogP contribution is -2.11. The summed E-state index contributed by atoms with van der Waals surface area (Å²) in [5, 5.41) is 8.77. The Kier molecular flexibility index (Phi) is 4.37. The van der Waals surface area contributed by atoms with Crippen LogP contribution in [0, 0.1) is 16.7 Å². The van der Waals surface area contributed by atoms with Crippen molar-refractivity contribution < 1.29 is 4.74 Å². The van der Waals surface area contributed by atoms with Crippen LogP contribution in [-0.4, -0.2) is 6.61 Å². The molecule has 2 nitrogen and oxygen atoms in total. The number of hydrogen-bond acceptors (Lipinski definition) is 2. The van der Waals surface area contributed by atoms with E-state index in [9.17, 15) is 0 Å². The first kappa shape index (κ1) is 13.1. The lowest BCUT2D eigenvalue weighted by molar-refractivity contribution is 0.243. The Morgan fingerprint density at radius 2 is 2.06 bits per heavy atom. The number of hydrogen-bond donors (Lipinski definition) is 0. The van der Waals surface area contributed by atoms with Gasteiger partial charge in [0.05, 0.1) is 12.2 Å². The Bertz CT molecular complexity index is 401. The molecule has 0 fully saturated rings. The predicted molar refractivity (Wildman–Crippen MR) is 68.4 cm³/mol. The molecular formula is C13H16BrNO. The second-order valence-corrected chi connectivity index (χ2v) is 5.77. The van der Waals surface area contributed by atoms with Crippen LogP contribution in [0.1, 0.15) is 32.8 Å². The highest BCUT2D eigenvalue weighted by molar-refractivity contribution is 9.10. The Morgan fingerprint density at radius 1 is 1.38 bits per heavy atom. The molecule has 86 valence electrons. The van der Waals surface area contributed by atoms with Crippen LogP contribution in [0.3, 0.4) is 0 Å². The summed E-state index contributed by atoms with van der Waals surface area (Å²) in [6.45, 7) is 7.25. The van der Waals surface area contributed by atoms with Gasteiger partial charge in [0.25, 0.3) is 0 Å².